The zero-order valence-electron chi connectivity index (χ0n) is 12.8. The third-order valence-electron chi connectivity index (χ3n) is 3.99. The highest BCUT2D eigenvalue weighted by atomic mass is 35.5. The molecule has 0 unspecified atom stereocenters. The van der Waals surface area contributed by atoms with Crippen molar-refractivity contribution in [1.82, 2.24) is 15.1 Å². The third kappa shape index (κ3) is 4.38. The fourth-order valence-electron chi connectivity index (χ4n) is 2.78. The summed E-state index contributed by atoms with van der Waals surface area (Å²) in [7, 11) is 0. The molecule has 0 saturated carbocycles. The van der Waals surface area contributed by atoms with E-state index in [4.69, 9.17) is 11.6 Å². The number of nitrogens with one attached hydrogen (secondary N) is 1. The van der Waals surface area contributed by atoms with E-state index in [2.05, 4.69) is 32.1 Å². The Balaban J connectivity index is 0.00000176. The highest BCUT2D eigenvalue weighted by molar-refractivity contribution is 6.30. The summed E-state index contributed by atoms with van der Waals surface area (Å²) in [6, 6.07) is 10.2. The Morgan fingerprint density at radius 1 is 1.18 bits per heavy atom. The van der Waals surface area contributed by atoms with E-state index in [9.17, 15) is 0 Å². The quantitative estimate of drug-likeness (QED) is 0.928. The van der Waals surface area contributed by atoms with Crippen LogP contribution in [0.25, 0.3) is 0 Å². The summed E-state index contributed by atoms with van der Waals surface area (Å²) in [6.07, 6.45) is 1.02. The lowest BCUT2D eigenvalue weighted by atomic mass is 10.2. The average molecular weight is 341 g/mol. The molecule has 0 spiro atoms. The summed E-state index contributed by atoms with van der Waals surface area (Å²) >= 11 is 6.07. The van der Waals surface area contributed by atoms with Crippen LogP contribution in [0.3, 0.4) is 0 Å². The molecular weight excluding hydrogens is 319 g/mol. The maximum atomic E-state index is 6.07. The van der Waals surface area contributed by atoms with Crippen molar-refractivity contribution in [2.75, 3.05) is 37.6 Å². The second kappa shape index (κ2) is 7.86. The summed E-state index contributed by atoms with van der Waals surface area (Å²) in [5.74, 6) is 0. The second-order valence-corrected chi connectivity index (χ2v) is 6.04. The first-order chi connectivity index (χ1) is 10.2. The number of halogens is 2. The van der Waals surface area contributed by atoms with Gasteiger partial charge in [0.2, 0.25) is 0 Å². The molecule has 6 heteroatoms. The third-order valence-corrected chi connectivity index (χ3v) is 4.22. The van der Waals surface area contributed by atoms with Crippen molar-refractivity contribution >= 4 is 29.7 Å². The van der Waals surface area contributed by atoms with Gasteiger partial charge in [-0.05, 0) is 31.2 Å². The molecule has 0 aliphatic carbocycles. The monoisotopic (exact) mass is 340 g/mol. The van der Waals surface area contributed by atoms with Gasteiger partial charge in [0.25, 0.3) is 0 Å². The largest absolute Gasteiger partial charge is 0.369 e. The number of aromatic amines is 1. The predicted molar refractivity (Wildman–Crippen MR) is 94.4 cm³/mol. The summed E-state index contributed by atoms with van der Waals surface area (Å²) < 4.78 is 0. The SMILES string of the molecule is Cc1cc(CCN2CCN(c3cccc(Cl)c3)CC2)n[nH]1.Cl. The van der Waals surface area contributed by atoms with Gasteiger partial charge in [0.1, 0.15) is 0 Å². The first-order valence-corrected chi connectivity index (χ1v) is 7.82. The maximum absolute atomic E-state index is 6.07. The van der Waals surface area contributed by atoms with Crippen LogP contribution in [0.15, 0.2) is 30.3 Å². The van der Waals surface area contributed by atoms with Gasteiger partial charge >= 0.3 is 0 Å². The van der Waals surface area contributed by atoms with E-state index in [-0.39, 0.29) is 12.4 Å². The summed E-state index contributed by atoms with van der Waals surface area (Å²) in [5, 5.41) is 8.11. The molecule has 120 valence electrons. The molecule has 1 saturated heterocycles. The molecule has 0 radical (unpaired) electrons. The van der Waals surface area contributed by atoms with Gasteiger partial charge in [0.05, 0.1) is 5.69 Å². The lowest BCUT2D eigenvalue weighted by Gasteiger charge is -2.36. The molecule has 1 aromatic carbocycles. The Labute approximate surface area is 142 Å². The first kappa shape index (κ1) is 17.1. The van der Waals surface area contributed by atoms with Crippen LogP contribution in [0, 0.1) is 6.92 Å². The lowest BCUT2D eigenvalue weighted by Crippen LogP contribution is -2.47. The van der Waals surface area contributed by atoms with Gasteiger partial charge in [0, 0.05) is 55.5 Å². The van der Waals surface area contributed by atoms with E-state index in [0.29, 0.717) is 0 Å². The van der Waals surface area contributed by atoms with E-state index in [1.807, 2.05) is 25.1 Å². The number of nitrogens with zero attached hydrogens (tertiary/aromatic N) is 3. The number of aryl methyl sites for hydroxylation is 1. The van der Waals surface area contributed by atoms with E-state index in [0.717, 1.165) is 55.6 Å². The second-order valence-electron chi connectivity index (χ2n) is 5.60. The molecule has 0 bridgehead atoms. The van der Waals surface area contributed by atoms with Crippen molar-refractivity contribution in [3.63, 3.8) is 0 Å². The van der Waals surface area contributed by atoms with Crippen molar-refractivity contribution in [3.8, 4) is 0 Å². The Hall–Kier alpha value is -1.23. The molecule has 2 aromatic rings. The summed E-state index contributed by atoms with van der Waals surface area (Å²) in [6.45, 7) is 7.42. The molecule has 1 aromatic heterocycles. The molecule has 1 N–H and O–H groups in total. The Morgan fingerprint density at radius 3 is 2.59 bits per heavy atom. The number of aromatic nitrogens is 2. The van der Waals surface area contributed by atoms with E-state index < -0.39 is 0 Å². The van der Waals surface area contributed by atoms with E-state index in [1.54, 1.807) is 0 Å². The van der Waals surface area contributed by atoms with Gasteiger partial charge in [-0.25, -0.2) is 0 Å². The zero-order chi connectivity index (χ0) is 14.7. The minimum absolute atomic E-state index is 0. The fourth-order valence-corrected chi connectivity index (χ4v) is 2.96. The van der Waals surface area contributed by atoms with Crippen molar-refractivity contribution in [2.45, 2.75) is 13.3 Å². The smallest absolute Gasteiger partial charge is 0.0637 e. The van der Waals surface area contributed by atoms with Crippen LogP contribution >= 0.6 is 24.0 Å². The Bertz CT molecular complexity index is 591. The van der Waals surface area contributed by atoms with Crippen LogP contribution in [-0.2, 0) is 6.42 Å². The topological polar surface area (TPSA) is 35.2 Å². The number of benzene rings is 1. The Kier molecular flexibility index (Phi) is 6.12. The van der Waals surface area contributed by atoms with Gasteiger partial charge in [-0.1, -0.05) is 17.7 Å². The van der Waals surface area contributed by atoms with Crippen molar-refractivity contribution in [2.24, 2.45) is 0 Å². The van der Waals surface area contributed by atoms with Gasteiger partial charge in [-0.15, -0.1) is 12.4 Å². The molecule has 1 aliphatic rings. The normalized spacial score (nSPS) is 15.6. The minimum Gasteiger partial charge on any atom is -0.369 e. The predicted octanol–water partition coefficient (Wildman–Crippen LogP) is 3.16. The van der Waals surface area contributed by atoms with Crippen LogP contribution in [0.2, 0.25) is 5.02 Å². The number of hydrogen-bond acceptors (Lipinski definition) is 3. The van der Waals surface area contributed by atoms with Crippen LogP contribution < -0.4 is 4.90 Å². The van der Waals surface area contributed by atoms with E-state index >= 15 is 0 Å². The average Bonchev–Trinajstić information content (AvgIpc) is 2.91. The van der Waals surface area contributed by atoms with Crippen LogP contribution in [0.5, 0.6) is 0 Å². The number of rotatable bonds is 4. The van der Waals surface area contributed by atoms with Gasteiger partial charge in [-0.2, -0.15) is 5.10 Å². The molecular formula is C16H22Cl2N4. The highest BCUT2D eigenvalue weighted by Crippen LogP contribution is 2.20. The van der Waals surface area contributed by atoms with Crippen LogP contribution in [0.1, 0.15) is 11.4 Å². The van der Waals surface area contributed by atoms with Gasteiger partial charge < -0.3 is 4.90 Å². The first-order valence-electron chi connectivity index (χ1n) is 7.44. The maximum Gasteiger partial charge on any atom is 0.0637 e. The lowest BCUT2D eigenvalue weighted by molar-refractivity contribution is 0.260. The number of piperazine rings is 1. The molecule has 0 atom stereocenters. The molecule has 3 rings (SSSR count). The van der Waals surface area contributed by atoms with Crippen molar-refractivity contribution in [3.05, 3.63) is 46.7 Å². The Morgan fingerprint density at radius 2 is 1.95 bits per heavy atom. The van der Waals surface area contributed by atoms with E-state index in [1.165, 1.54) is 5.69 Å². The van der Waals surface area contributed by atoms with Crippen LogP contribution in [-0.4, -0.2) is 47.8 Å². The highest BCUT2D eigenvalue weighted by Gasteiger charge is 2.17. The standard InChI is InChI=1S/C16H21ClN4.ClH/c1-13-11-15(19-18-13)5-6-20-7-9-21(10-8-20)16-4-2-3-14(17)12-16;/h2-4,11-12H,5-10H2,1H3,(H,18,19);1H. The van der Waals surface area contributed by atoms with Crippen molar-refractivity contribution < 1.29 is 0 Å². The minimum atomic E-state index is 0. The van der Waals surface area contributed by atoms with Gasteiger partial charge in [0.15, 0.2) is 0 Å². The number of anilines is 1. The molecule has 1 fully saturated rings. The van der Waals surface area contributed by atoms with Gasteiger partial charge in [-0.3, -0.25) is 10.00 Å². The van der Waals surface area contributed by atoms with Crippen molar-refractivity contribution in [1.29, 1.82) is 0 Å². The summed E-state index contributed by atoms with van der Waals surface area (Å²) in [5.41, 5.74) is 3.52. The zero-order valence-corrected chi connectivity index (χ0v) is 14.3. The number of H-pyrrole nitrogens is 1. The molecule has 1 aliphatic heterocycles. The molecule has 0 amide bonds. The molecule has 4 nitrogen and oxygen atoms in total. The number of hydrogen-bond donors (Lipinski definition) is 1. The molecule has 22 heavy (non-hydrogen) atoms. The molecule has 2 heterocycles. The summed E-state index contributed by atoms with van der Waals surface area (Å²) in [4.78, 5) is 4.91. The van der Waals surface area contributed by atoms with Crippen LogP contribution in [0.4, 0.5) is 5.69 Å². The fraction of sp³-hybridized carbons (Fsp3) is 0.438.